The molecule has 0 unspecified atom stereocenters. The van der Waals surface area contributed by atoms with Crippen molar-refractivity contribution in [1.82, 2.24) is 24.4 Å². The summed E-state index contributed by atoms with van der Waals surface area (Å²) >= 11 is 0. The van der Waals surface area contributed by atoms with Gasteiger partial charge >= 0.3 is 0 Å². The van der Waals surface area contributed by atoms with E-state index >= 15 is 0 Å². The number of anilines is 1. The van der Waals surface area contributed by atoms with Gasteiger partial charge in [0.15, 0.2) is 5.82 Å². The number of carbonyl (C=O) groups is 1. The molecule has 3 aromatic heterocycles. The highest BCUT2D eigenvalue weighted by Crippen LogP contribution is 2.39. The maximum Gasteiger partial charge on any atom is 0.293 e. The number of nitrogens with one attached hydrogen (secondary N) is 1. The lowest BCUT2D eigenvalue weighted by molar-refractivity contribution is -0.117. The Balaban J connectivity index is 1.67. The summed E-state index contributed by atoms with van der Waals surface area (Å²) in [6.07, 6.45) is 5.25. The molecule has 1 amide bonds. The zero-order valence-corrected chi connectivity index (χ0v) is 16.0. The fourth-order valence-electron chi connectivity index (χ4n) is 3.10. The van der Waals surface area contributed by atoms with Crippen LogP contribution in [0.25, 0.3) is 5.52 Å². The van der Waals surface area contributed by atoms with Gasteiger partial charge in [-0.25, -0.2) is 9.20 Å². The molecule has 1 fully saturated rings. The SMILES string of the molecule is COc1ccncc1NC(=O)Cn1nc(C(C)C)n2nc(C3CC3)cc2c1=O. The summed E-state index contributed by atoms with van der Waals surface area (Å²) in [7, 11) is 1.51. The minimum absolute atomic E-state index is 0.0442. The molecule has 4 rings (SSSR count). The van der Waals surface area contributed by atoms with Crippen molar-refractivity contribution in [2.75, 3.05) is 12.4 Å². The van der Waals surface area contributed by atoms with Gasteiger partial charge in [-0.05, 0) is 18.9 Å². The van der Waals surface area contributed by atoms with Gasteiger partial charge in [0.25, 0.3) is 5.56 Å². The van der Waals surface area contributed by atoms with Crippen LogP contribution >= 0.6 is 0 Å². The van der Waals surface area contributed by atoms with E-state index in [1.54, 1.807) is 16.8 Å². The molecule has 3 heterocycles. The van der Waals surface area contributed by atoms with Crippen LogP contribution in [0.1, 0.15) is 50.0 Å². The van der Waals surface area contributed by atoms with E-state index in [0.29, 0.717) is 28.7 Å². The Morgan fingerprint density at radius 3 is 2.82 bits per heavy atom. The zero-order valence-electron chi connectivity index (χ0n) is 16.0. The third kappa shape index (κ3) is 3.35. The topological polar surface area (TPSA) is 103 Å². The predicted molar refractivity (Wildman–Crippen MR) is 103 cm³/mol. The first-order valence-corrected chi connectivity index (χ1v) is 9.26. The van der Waals surface area contributed by atoms with E-state index in [1.807, 2.05) is 19.9 Å². The molecule has 1 N–H and O–H groups in total. The quantitative estimate of drug-likeness (QED) is 0.699. The Labute approximate surface area is 161 Å². The molecule has 0 bridgehead atoms. The Hall–Kier alpha value is -3.23. The summed E-state index contributed by atoms with van der Waals surface area (Å²) in [4.78, 5) is 29.4. The van der Waals surface area contributed by atoms with Crippen molar-refractivity contribution in [3.63, 3.8) is 0 Å². The van der Waals surface area contributed by atoms with Gasteiger partial charge in [-0.2, -0.15) is 10.2 Å². The molecule has 146 valence electrons. The molecule has 3 aromatic rings. The average Bonchev–Trinajstić information content (AvgIpc) is 3.43. The van der Waals surface area contributed by atoms with Gasteiger partial charge in [-0.3, -0.25) is 14.6 Å². The summed E-state index contributed by atoms with van der Waals surface area (Å²) in [5.74, 6) is 1.22. The van der Waals surface area contributed by atoms with E-state index in [1.165, 1.54) is 18.0 Å². The Kier molecular flexibility index (Phi) is 4.58. The summed E-state index contributed by atoms with van der Waals surface area (Å²) in [6.45, 7) is 3.75. The van der Waals surface area contributed by atoms with Crippen molar-refractivity contribution in [3.05, 3.63) is 46.4 Å². The summed E-state index contributed by atoms with van der Waals surface area (Å²) in [6, 6.07) is 3.47. The summed E-state index contributed by atoms with van der Waals surface area (Å²) < 4.78 is 8.03. The Morgan fingerprint density at radius 1 is 1.36 bits per heavy atom. The first-order chi connectivity index (χ1) is 13.5. The number of hydrogen-bond donors (Lipinski definition) is 1. The second-order valence-electron chi connectivity index (χ2n) is 7.24. The lowest BCUT2D eigenvalue weighted by Gasteiger charge is -2.12. The van der Waals surface area contributed by atoms with Crippen molar-refractivity contribution < 1.29 is 9.53 Å². The molecule has 0 aromatic carbocycles. The van der Waals surface area contributed by atoms with Crippen LogP contribution in [0.4, 0.5) is 5.69 Å². The van der Waals surface area contributed by atoms with Crippen LogP contribution in [0, 0.1) is 0 Å². The van der Waals surface area contributed by atoms with Crippen LogP contribution in [-0.2, 0) is 11.3 Å². The summed E-state index contributed by atoms with van der Waals surface area (Å²) in [5, 5.41) is 11.7. The number of pyridine rings is 1. The smallest absolute Gasteiger partial charge is 0.293 e. The van der Waals surface area contributed by atoms with E-state index in [-0.39, 0.29) is 23.9 Å². The lowest BCUT2D eigenvalue weighted by atomic mass is 10.2. The predicted octanol–water partition coefficient (Wildman–Crippen LogP) is 1.93. The van der Waals surface area contributed by atoms with Crippen LogP contribution in [0.5, 0.6) is 5.75 Å². The molecule has 1 saturated carbocycles. The first kappa shape index (κ1) is 18.1. The fourth-order valence-corrected chi connectivity index (χ4v) is 3.10. The maximum atomic E-state index is 12.9. The monoisotopic (exact) mass is 382 g/mol. The molecular formula is C19H22N6O3. The molecule has 1 aliphatic rings. The number of aromatic nitrogens is 5. The van der Waals surface area contributed by atoms with Crippen molar-refractivity contribution in [2.45, 2.75) is 45.1 Å². The number of amides is 1. The molecule has 0 atom stereocenters. The van der Waals surface area contributed by atoms with E-state index in [0.717, 1.165) is 18.5 Å². The van der Waals surface area contributed by atoms with Crippen LogP contribution in [0.2, 0.25) is 0 Å². The van der Waals surface area contributed by atoms with Gasteiger partial charge in [0.05, 0.1) is 19.0 Å². The number of nitrogens with zero attached hydrogens (tertiary/aromatic N) is 5. The number of methoxy groups -OCH3 is 1. The van der Waals surface area contributed by atoms with E-state index in [2.05, 4.69) is 20.5 Å². The number of hydrogen-bond acceptors (Lipinski definition) is 6. The van der Waals surface area contributed by atoms with E-state index < -0.39 is 0 Å². The van der Waals surface area contributed by atoms with Gasteiger partial charge in [0, 0.05) is 24.1 Å². The molecule has 0 radical (unpaired) electrons. The van der Waals surface area contributed by atoms with E-state index in [9.17, 15) is 9.59 Å². The van der Waals surface area contributed by atoms with Crippen molar-refractivity contribution in [3.8, 4) is 5.75 Å². The van der Waals surface area contributed by atoms with Gasteiger partial charge in [-0.15, -0.1) is 0 Å². The first-order valence-electron chi connectivity index (χ1n) is 9.26. The van der Waals surface area contributed by atoms with Crippen molar-refractivity contribution in [2.24, 2.45) is 0 Å². The molecule has 0 saturated heterocycles. The average molecular weight is 382 g/mol. The fraction of sp³-hybridized carbons (Fsp3) is 0.421. The number of fused-ring (bicyclic) bond motifs is 1. The van der Waals surface area contributed by atoms with Crippen LogP contribution in [-0.4, -0.2) is 37.4 Å². The third-order valence-electron chi connectivity index (χ3n) is 4.70. The van der Waals surface area contributed by atoms with Crippen LogP contribution < -0.4 is 15.6 Å². The molecule has 9 nitrogen and oxygen atoms in total. The maximum absolute atomic E-state index is 12.9. The molecule has 0 spiro atoms. The molecular weight excluding hydrogens is 360 g/mol. The molecule has 28 heavy (non-hydrogen) atoms. The Morgan fingerprint density at radius 2 is 2.14 bits per heavy atom. The van der Waals surface area contributed by atoms with E-state index in [4.69, 9.17) is 4.74 Å². The number of rotatable bonds is 6. The highest BCUT2D eigenvalue weighted by molar-refractivity contribution is 5.91. The second-order valence-corrected chi connectivity index (χ2v) is 7.24. The molecule has 9 heteroatoms. The number of ether oxygens (including phenoxy) is 1. The van der Waals surface area contributed by atoms with Gasteiger partial charge in [-0.1, -0.05) is 13.8 Å². The minimum Gasteiger partial charge on any atom is -0.494 e. The highest BCUT2D eigenvalue weighted by Gasteiger charge is 2.28. The lowest BCUT2D eigenvalue weighted by Crippen LogP contribution is -2.32. The highest BCUT2D eigenvalue weighted by atomic mass is 16.5. The third-order valence-corrected chi connectivity index (χ3v) is 4.70. The molecule has 1 aliphatic carbocycles. The standard InChI is InChI=1S/C19H22N6O3/c1-11(2)18-23-24(10-17(26)21-14-9-20-7-6-16(14)28-3)19(27)15-8-13(12-4-5-12)22-25(15)18/h6-9,11-12H,4-5,10H2,1-3H3,(H,21,26). The minimum atomic E-state index is -0.387. The molecule has 0 aliphatic heterocycles. The number of carbonyl (C=O) groups excluding carboxylic acids is 1. The zero-order chi connectivity index (χ0) is 19.8. The normalized spacial score (nSPS) is 13.9. The van der Waals surface area contributed by atoms with Crippen LogP contribution in [0.3, 0.4) is 0 Å². The van der Waals surface area contributed by atoms with Crippen molar-refractivity contribution >= 4 is 17.1 Å². The second kappa shape index (κ2) is 7.06. The van der Waals surface area contributed by atoms with Crippen LogP contribution in [0.15, 0.2) is 29.3 Å². The Bertz CT molecular complexity index is 1100. The van der Waals surface area contributed by atoms with Gasteiger partial charge in [0.1, 0.15) is 23.5 Å². The summed E-state index contributed by atoms with van der Waals surface area (Å²) in [5.41, 5.74) is 1.47. The van der Waals surface area contributed by atoms with Gasteiger partial charge in [0.2, 0.25) is 5.91 Å². The van der Waals surface area contributed by atoms with Gasteiger partial charge < -0.3 is 10.1 Å². The largest absolute Gasteiger partial charge is 0.494 e. The van der Waals surface area contributed by atoms with Crippen molar-refractivity contribution in [1.29, 1.82) is 0 Å².